The van der Waals surface area contributed by atoms with Crippen LogP contribution in [0.5, 0.6) is 0 Å². The lowest BCUT2D eigenvalue weighted by Crippen LogP contribution is -2.29. The second kappa shape index (κ2) is 23.7. The summed E-state index contributed by atoms with van der Waals surface area (Å²) in [6.45, 7) is 8.35. The van der Waals surface area contributed by atoms with E-state index in [2.05, 4.69) is 18.7 Å². The Bertz CT molecular complexity index is 336. The van der Waals surface area contributed by atoms with E-state index >= 15 is 0 Å². The lowest BCUT2D eigenvalue weighted by molar-refractivity contribution is -0.143. The molecule has 0 atom stereocenters. The van der Waals surface area contributed by atoms with Crippen molar-refractivity contribution in [1.29, 1.82) is 0 Å². The van der Waals surface area contributed by atoms with Gasteiger partial charge in [0.1, 0.15) is 0 Å². The molecule has 0 radical (unpaired) electrons. The summed E-state index contributed by atoms with van der Waals surface area (Å²) in [5, 5.41) is 9.24. The van der Waals surface area contributed by atoms with Crippen molar-refractivity contribution in [3.8, 4) is 0 Å². The number of carbonyl (C=O) groups excluding carboxylic acids is 1. The van der Waals surface area contributed by atoms with Crippen LogP contribution >= 0.6 is 0 Å². The molecule has 0 aliphatic heterocycles. The smallest absolute Gasteiger partial charge is 0.305 e. The van der Waals surface area contributed by atoms with Gasteiger partial charge in [-0.25, -0.2) is 0 Å². The maximum Gasteiger partial charge on any atom is 0.305 e. The fourth-order valence-electron chi connectivity index (χ4n) is 3.69. The third kappa shape index (κ3) is 21.9. The number of ether oxygens (including phenoxy) is 1. The highest BCUT2D eigenvalue weighted by molar-refractivity contribution is 5.69. The van der Waals surface area contributed by atoms with Crippen LogP contribution in [0, 0.1) is 0 Å². The summed E-state index contributed by atoms with van der Waals surface area (Å²) in [7, 11) is 0. The molecule has 0 saturated carbocycles. The molecule has 0 spiro atoms. The molecule has 4 nitrogen and oxygen atoms in total. The number of aliphatic hydroxyl groups is 1. The highest BCUT2D eigenvalue weighted by Crippen LogP contribution is 2.09. The zero-order valence-corrected chi connectivity index (χ0v) is 19.8. The Morgan fingerprint density at radius 2 is 1.14 bits per heavy atom. The number of carbonyl (C=O) groups is 1. The Balaban J connectivity index is 3.46. The minimum atomic E-state index is -0.0178. The zero-order valence-electron chi connectivity index (χ0n) is 19.8. The highest BCUT2D eigenvalue weighted by Gasteiger charge is 2.05. The lowest BCUT2D eigenvalue weighted by atomic mass is 10.1. The molecule has 0 fully saturated rings. The summed E-state index contributed by atoms with van der Waals surface area (Å²) in [6, 6.07) is 0. The molecular weight excluding hydrogens is 362 g/mol. The first kappa shape index (κ1) is 28.4. The predicted molar refractivity (Wildman–Crippen MR) is 124 cm³/mol. The van der Waals surface area contributed by atoms with Crippen LogP contribution in [-0.2, 0) is 9.53 Å². The first-order chi connectivity index (χ1) is 14.2. The van der Waals surface area contributed by atoms with Crippen LogP contribution < -0.4 is 0 Å². The third-order valence-corrected chi connectivity index (χ3v) is 5.61. The first-order valence-electron chi connectivity index (χ1n) is 12.7. The number of hydrogen-bond acceptors (Lipinski definition) is 4. The van der Waals surface area contributed by atoms with Gasteiger partial charge in [0, 0.05) is 13.0 Å². The summed E-state index contributed by atoms with van der Waals surface area (Å²) < 4.78 is 5.33. The molecule has 0 aliphatic carbocycles. The molecule has 0 saturated heterocycles. The summed E-state index contributed by atoms with van der Waals surface area (Å²) in [5.41, 5.74) is 0. The van der Waals surface area contributed by atoms with E-state index in [1.54, 1.807) is 0 Å². The van der Waals surface area contributed by atoms with Crippen LogP contribution in [0.1, 0.15) is 123 Å². The topological polar surface area (TPSA) is 49.8 Å². The molecule has 0 rings (SSSR count). The molecule has 1 N–H and O–H groups in total. The summed E-state index contributed by atoms with van der Waals surface area (Å²) in [5.74, 6) is -0.0178. The summed E-state index contributed by atoms with van der Waals surface area (Å²) in [6.07, 6.45) is 20.1. The second-order valence-corrected chi connectivity index (χ2v) is 8.49. The van der Waals surface area contributed by atoms with E-state index in [-0.39, 0.29) is 12.6 Å². The molecule has 0 heterocycles. The van der Waals surface area contributed by atoms with Gasteiger partial charge in [-0.05, 0) is 38.8 Å². The van der Waals surface area contributed by atoms with E-state index in [0.29, 0.717) is 13.0 Å². The fourth-order valence-corrected chi connectivity index (χ4v) is 3.69. The Kier molecular flexibility index (Phi) is 23.2. The van der Waals surface area contributed by atoms with E-state index in [1.807, 2.05) is 0 Å². The number of hydrogen-bond donors (Lipinski definition) is 1. The molecular formula is C25H51NO3. The molecule has 4 heteroatoms. The average Bonchev–Trinajstić information content (AvgIpc) is 2.72. The van der Waals surface area contributed by atoms with Gasteiger partial charge in [0.2, 0.25) is 0 Å². The minimum Gasteiger partial charge on any atom is -0.466 e. The SMILES string of the molecule is CCCCCCCCOC(=O)CCCCCCCN(CCO)CCCCCCC. The van der Waals surface area contributed by atoms with Crippen LogP contribution in [0.15, 0.2) is 0 Å². The number of unbranched alkanes of at least 4 members (excludes halogenated alkanes) is 13. The maximum absolute atomic E-state index is 11.7. The van der Waals surface area contributed by atoms with Crippen molar-refractivity contribution in [2.24, 2.45) is 0 Å². The Labute approximate surface area is 181 Å². The molecule has 0 bridgehead atoms. The van der Waals surface area contributed by atoms with Crippen LogP contribution in [0.25, 0.3) is 0 Å². The van der Waals surface area contributed by atoms with E-state index in [0.717, 1.165) is 38.9 Å². The Hall–Kier alpha value is -0.610. The van der Waals surface area contributed by atoms with E-state index in [9.17, 15) is 9.90 Å². The van der Waals surface area contributed by atoms with Gasteiger partial charge >= 0.3 is 5.97 Å². The molecule has 0 amide bonds. The second-order valence-electron chi connectivity index (χ2n) is 8.49. The van der Waals surface area contributed by atoms with Crippen molar-refractivity contribution in [3.63, 3.8) is 0 Å². The van der Waals surface area contributed by atoms with Gasteiger partial charge in [0.05, 0.1) is 13.2 Å². The molecule has 0 aliphatic rings. The van der Waals surface area contributed by atoms with Gasteiger partial charge in [-0.2, -0.15) is 0 Å². The van der Waals surface area contributed by atoms with Crippen LogP contribution in [0.4, 0.5) is 0 Å². The van der Waals surface area contributed by atoms with Crippen molar-refractivity contribution >= 4 is 5.97 Å². The largest absolute Gasteiger partial charge is 0.466 e. The standard InChI is InChI=1S/C25H51NO3/c1-3-5-7-9-14-18-24-29-25(28)19-15-11-10-13-17-21-26(22-23-27)20-16-12-8-6-4-2/h27H,3-24H2,1-2H3. The highest BCUT2D eigenvalue weighted by atomic mass is 16.5. The molecule has 174 valence electrons. The van der Waals surface area contributed by atoms with Gasteiger partial charge in [0.15, 0.2) is 0 Å². The van der Waals surface area contributed by atoms with Gasteiger partial charge in [-0.15, -0.1) is 0 Å². The number of nitrogens with zero attached hydrogens (tertiary/aromatic N) is 1. The number of aliphatic hydroxyl groups excluding tert-OH is 1. The Morgan fingerprint density at radius 3 is 1.69 bits per heavy atom. The maximum atomic E-state index is 11.7. The predicted octanol–water partition coefficient (Wildman–Crippen LogP) is 6.50. The Morgan fingerprint density at radius 1 is 0.655 bits per heavy atom. The van der Waals surface area contributed by atoms with Crippen molar-refractivity contribution in [2.75, 3.05) is 32.8 Å². The minimum absolute atomic E-state index is 0.0178. The number of esters is 1. The quantitative estimate of drug-likeness (QED) is 0.153. The van der Waals surface area contributed by atoms with Crippen molar-refractivity contribution < 1.29 is 14.6 Å². The fraction of sp³-hybridized carbons (Fsp3) is 0.960. The van der Waals surface area contributed by atoms with Crippen molar-refractivity contribution in [2.45, 2.75) is 123 Å². The first-order valence-corrected chi connectivity index (χ1v) is 12.7. The van der Waals surface area contributed by atoms with Crippen LogP contribution in [0.3, 0.4) is 0 Å². The lowest BCUT2D eigenvalue weighted by Gasteiger charge is -2.21. The third-order valence-electron chi connectivity index (χ3n) is 5.61. The average molecular weight is 414 g/mol. The van der Waals surface area contributed by atoms with Crippen molar-refractivity contribution in [1.82, 2.24) is 4.90 Å². The summed E-state index contributed by atoms with van der Waals surface area (Å²) >= 11 is 0. The normalized spacial score (nSPS) is 11.3. The molecule has 0 aromatic rings. The van der Waals surface area contributed by atoms with E-state index in [4.69, 9.17) is 4.74 Å². The van der Waals surface area contributed by atoms with E-state index < -0.39 is 0 Å². The van der Waals surface area contributed by atoms with Crippen LogP contribution in [0.2, 0.25) is 0 Å². The van der Waals surface area contributed by atoms with Gasteiger partial charge in [-0.3, -0.25) is 4.79 Å². The van der Waals surface area contributed by atoms with Crippen molar-refractivity contribution in [3.05, 3.63) is 0 Å². The van der Waals surface area contributed by atoms with Gasteiger partial charge < -0.3 is 14.7 Å². The van der Waals surface area contributed by atoms with Crippen LogP contribution in [-0.4, -0.2) is 48.8 Å². The molecule has 0 aromatic heterocycles. The number of rotatable bonds is 23. The molecule has 0 aromatic carbocycles. The van der Waals surface area contributed by atoms with E-state index in [1.165, 1.54) is 83.5 Å². The van der Waals surface area contributed by atoms with Gasteiger partial charge in [0.25, 0.3) is 0 Å². The van der Waals surface area contributed by atoms with Gasteiger partial charge in [-0.1, -0.05) is 90.9 Å². The zero-order chi connectivity index (χ0) is 21.4. The molecule has 0 unspecified atom stereocenters. The molecule has 29 heavy (non-hydrogen) atoms. The monoisotopic (exact) mass is 413 g/mol. The summed E-state index contributed by atoms with van der Waals surface area (Å²) in [4.78, 5) is 14.2.